The van der Waals surface area contributed by atoms with Gasteiger partial charge in [-0.1, -0.05) is 72.2 Å². The zero-order valence-electron chi connectivity index (χ0n) is 17.9. The quantitative estimate of drug-likeness (QED) is 0.408. The van der Waals surface area contributed by atoms with Crippen LogP contribution in [0.2, 0.25) is 0 Å². The molecule has 0 heterocycles. The summed E-state index contributed by atoms with van der Waals surface area (Å²) in [7, 11) is 0. The predicted octanol–water partition coefficient (Wildman–Crippen LogP) is 5.55. The number of rotatable bonds is 3. The first kappa shape index (κ1) is 22.1. The number of hydrogen-bond acceptors (Lipinski definition) is 2. The van der Waals surface area contributed by atoms with Crippen LogP contribution < -0.4 is 0 Å². The lowest BCUT2D eigenvalue weighted by Crippen LogP contribution is -2.02. The first-order valence-electron chi connectivity index (χ1n) is 10.4. The second kappa shape index (κ2) is 10.0. The Morgan fingerprint density at radius 1 is 0.500 bits per heavy atom. The number of carboxylic acids is 2. The molecule has 2 N–H and O–H groups in total. The Bertz CT molecular complexity index is 1380. The Labute approximate surface area is 197 Å². The number of aromatic carboxylic acids is 2. The molecule has 0 saturated heterocycles. The lowest BCUT2D eigenvalue weighted by molar-refractivity contribution is 0.0685. The largest absolute Gasteiger partial charge is 0.478 e. The van der Waals surface area contributed by atoms with Crippen molar-refractivity contribution >= 4 is 11.9 Å². The normalized spacial score (nSPS) is 9.76. The van der Waals surface area contributed by atoms with Crippen LogP contribution in [0.4, 0.5) is 0 Å². The second-order valence-electron chi connectivity index (χ2n) is 7.36. The molecule has 0 unspecified atom stereocenters. The predicted molar refractivity (Wildman–Crippen MR) is 131 cm³/mol. The molecule has 4 rings (SSSR count). The van der Waals surface area contributed by atoms with Gasteiger partial charge in [-0.3, -0.25) is 0 Å². The Balaban J connectivity index is 1.71. The van der Waals surface area contributed by atoms with Crippen molar-refractivity contribution in [1.29, 1.82) is 0 Å². The van der Waals surface area contributed by atoms with Crippen LogP contribution in [0.25, 0.3) is 11.1 Å². The molecule has 0 amide bonds. The van der Waals surface area contributed by atoms with Crippen LogP contribution in [0.3, 0.4) is 0 Å². The van der Waals surface area contributed by atoms with Crippen molar-refractivity contribution in [3.05, 3.63) is 130 Å². The van der Waals surface area contributed by atoms with Crippen molar-refractivity contribution in [2.75, 3.05) is 0 Å². The lowest BCUT2D eigenvalue weighted by atomic mass is 9.96. The fourth-order valence-electron chi connectivity index (χ4n) is 3.34. The molecule has 0 aliphatic heterocycles. The van der Waals surface area contributed by atoms with Crippen molar-refractivity contribution in [3.8, 4) is 34.8 Å². The highest BCUT2D eigenvalue weighted by atomic mass is 16.4. The summed E-state index contributed by atoms with van der Waals surface area (Å²) in [6.07, 6.45) is 0. The Hall–Kier alpha value is -5.06. The van der Waals surface area contributed by atoms with Gasteiger partial charge in [0.2, 0.25) is 0 Å². The van der Waals surface area contributed by atoms with Crippen LogP contribution in [0.15, 0.2) is 97.1 Å². The minimum Gasteiger partial charge on any atom is -0.478 e. The van der Waals surface area contributed by atoms with E-state index >= 15 is 0 Å². The standard InChI is InChI=1S/C30H18O4/c31-29(32)27-19-25(17-15-23(27)13-11-21-7-3-1-4-8-21)26-18-16-24(28(20-26)30(33)34)14-12-22-9-5-2-6-10-22/h1-10,15-20H,(H,31,32)(H,33,34). The van der Waals surface area contributed by atoms with Gasteiger partial charge in [-0.2, -0.15) is 0 Å². The summed E-state index contributed by atoms with van der Waals surface area (Å²) in [5.41, 5.74) is 3.56. The van der Waals surface area contributed by atoms with Gasteiger partial charge in [0, 0.05) is 22.3 Å². The fourth-order valence-corrected chi connectivity index (χ4v) is 3.34. The molecule has 0 spiro atoms. The molecule has 0 fully saturated rings. The molecule has 0 aliphatic carbocycles. The van der Waals surface area contributed by atoms with E-state index in [4.69, 9.17) is 0 Å². The second-order valence-corrected chi connectivity index (χ2v) is 7.36. The van der Waals surface area contributed by atoms with Gasteiger partial charge in [-0.15, -0.1) is 0 Å². The Morgan fingerprint density at radius 2 is 0.882 bits per heavy atom. The maximum absolute atomic E-state index is 11.9. The first-order chi connectivity index (χ1) is 16.5. The lowest BCUT2D eigenvalue weighted by Gasteiger charge is -2.08. The molecule has 4 aromatic carbocycles. The highest BCUT2D eigenvalue weighted by molar-refractivity contribution is 5.95. The molecule has 0 bridgehead atoms. The summed E-state index contributed by atoms with van der Waals surface area (Å²) in [4.78, 5) is 23.8. The van der Waals surface area contributed by atoms with Gasteiger partial charge in [0.05, 0.1) is 11.1 Å². The van der Waals surface area contributed by atoms with Gasteiger partial charge in [0.25, 0.3) is 0 Å². The maximum Gasteiger partial charge on any atom is 0.336 e. The van der Waals surface area contributed by atoms with E-state index in [0.29, 0.717) is 22.3 Å². The molecule has 0 aliphatic rings. The molecule has 0 saturated carbocycles. The summed E-state index contributed by atoms with van der Waals surface area (Å²) < 4.78 is 0. The van der Waals surface area contributed by atoms with Crippen LogP contribution in [-0.2, 0) is 0 Å². The summed E-state index contributed by atoms with van der Waals surface area (Å²) >= 11 is 0. The minimum absolute atomic E-state index is 0.0470. The highest BCUT2D eigenvalue weighted by Crippen LogP contribution is 2.25. The molecule has 4 heteroatoms. The third-order valence-electron chi connectivity index (χ3n) is 5.06. The average molecular weight is 442 g/mol. The van der Waals surface area contributed by atoms with E-state index < -0.39 is 11.9 Å². The summed E-state index contributed by atoms with van der Waals surface area (Å²) in [5, 5.41) is 19.4. The van der Waals surface area contributed by atoms with Crippen LogP contribution >= 0.6 is 0 Å². The molecule has 34 heavy (non-hydrogen) atoms. The van der Waals surface area contributed by atoms with E-state index in [1.807, 2.05) is 60.7 Å². The minimum atomic E-state index is -1.11. The number of carboxylic acid groups (broad SMARTS) is 2. The van der Waals surface area contributed by atoms with Crippen molar-refractivity contribution in [2.24, 2.45) is 0 Å². The first-order valence-corrected chi connectivity index (χ1v) is 10.4. The third-order valence-corrected chi connectivity index (χ3v) is 5.06. The van der Waals surface area contributed by atoms with E-state index in [9.17, 15) is 19.8 Å². The van der Waals surface area contributed by atoms with Gasteiger partial charge in [0.1, 0.15) is 0 Å². The van der Waals surface area contributed by atoms with Crippen LogP contribution in [-0.4, -0.2) is 22.2 Å². The molecule has 0 atom stereocenters. The van der Waals surface area contributed by atoms with E-state index in [1.54, 1.807) is 24.3 Å². The van der Waals surface area contributed by atoms with Crippen LogP contribution in [0, 0.1) is 23.7 Å². The summed E-state index contributed by atoms with van der Waals surface area (Å²) in [6.45, 7) is 0. The van der Waals surface area contributed by atoms with Gasteiger partial charge < -0.3 is 10.2 Å². The van der Waals surface area contributed by atoms with Crippen molar-refractivity contribution in [2.45, 2.75) is 0 Å². The van der Waals surface area contributed by atoms with Crippen molar-refractivity contribution in [1.82, 2.24) is 0 Å². The number of benzene rings is 4. The van der Waals surface area contributed by atoms with Gasteiger partial charge in [0.15, 0.2) is 0 Å². The zero-order valence-corrected chi connectivity index (χ0v) is 17.9. The third kappa shape index (κ3) is 5.22. The molecule has 4 aromatic rings. The molecule has 0 radical (unpaired) electrons. The fraction of sp³-hybridized carbons (Fsp3) is 0. The summed E-state index contributed by atoms with van der Waals surface area (Å²) in [5.74, 6) is 9.55. The molecule has 162 valence electrons. The molecule has 0 aromatic heterocycles. The van der Waals surface area contributed by atoms with E-state index in [-0.39, 0.29) is 11.1 Å². The average Bonchev–Trinajstić information content (AvgIpc) is 2.87. The number of hydrogen-bond donors (Lipinski definition) is 2. The van der Waals surface area contributed by atoms with Gasteiger partial charge in [-0.25, -0.2) is 9.59 Å². The van der Waals surface area contributed by atoms with Crippen molar-refractivity contribution < 1.29 is 19.8 Å². The van der Waals surface area contributed by atoms with E-state index in [2.05, 4.69) is 23.7 Å². The monoisotopic (exact) mass is 442 g/mol. The molecular weight excluding hydrogens is 424 g/mol. The molecular formula is C30H18O4. The summed E-state index contributed by atoms with van der Waals surface area (Å²) in [6, 6.07) is 28.3. The van der Waals surface area contributed by atoms with E-state index in [0.717, 1.165) is 11.1 Å². The van der Waals surface area contributed by atoms with Gasteiger partial charge in [-0.05, 0) is 59.7 Å². The number of carbonyl (C=O) groups is 2. The van der Waals surface area contributed by atoms with Gasteiger partial charge >= 0.3 is 11.9 Å². The Kier molecular flexibility index (Phi) is 6.54. The van der Waals surface area contributed by atoms with Crippen LogP contribution in [0.1, 0.15) is 43.0 Å². The SMILES string of the molecule is O=C(O)c1cc(-c2ccc(C#Cc3ccccc3)c(C(=O)O)c2)ccc1C#Cc1ccccc1. The topological polar surface area (TPSA) is 74.6 Å². The maximum atomic E-state index is 11.9. The van der Waals surface area contributed by atoms with Crippen molar-refractivity contribution in [3.63, 3.8) is 0 Å². The molecule has 4 nitrogen and oxygen atoms in total. The van der Waals surface area contributed by atoms with Crippen LogP contribution in [0.5, 0.6) is 0 Å². The smallest absolute Gasteiger partial charge is 0.336 e. The highest BCUT2D eigenvalue weighted by Gasteiger charge is 2.14. The Morgan fingerprint density at radius 3 is 1.24 bits per heavy atom. The van der Waals surface area contributed by atoms with E-state index in [1.165, 1.54) is 12.1 Å². The zero-order chi connectivity index (χ0) is 23.9.